The third-order valence-corrected chi connectivity index (χ3v) is 3.80. The van der Waals surface area contributed by atoms with Crippen molar-refractivity contribution in [3.05, 3.63) is 35.9 Å². The second kappa shape index (κ2) is 6.57. The average Bonchev–Trinajstić information content (AvgIpc) is 2.45. The van der Waals surface area contributed by atoms with Gasteiger partial charge in [0, 0.05) is 25.7 Å². The molecule has 1 aromatic rings. The molecule has 0 aromatic heterocycles. The van der Waals surface area contributed by atoms with Crippen molar-refractivity contribution in [1.29, 1.82) is 0 Å². The molecule has 4 heteroatoms. The van der Waals surface area contributed by atoms with Gasteiger partial charge in [0.05, 0.1) is 0 Å². The number of nitrogens with one attached hydrogen (secondary N) is 1. The minimum Gasteiger partial charge on any atom is -0.334 e. The highest BCUT2D eigenvalue weighted by atomic mass is 16.2. The molecule has 4 nitrogen and oxygen atoms in total. The molecular weight excluding hydrogens is 238 g/mol. The van der Waals surface area contributed by atoms with Crippen molar-refractivity contribution in [1.82, 2.24) is 10.2 Å². The molecule has 1 heterocycles. The predicted molar refractivity (Wildman–Crippen MR) is 76.6 cm³/mol. The first-order chi connectivity index (χ1) is 9.20. The Kier molecular flexibility index (Phi) is 4.80. The summed E-state index contributed by atoms with van der Waals surface area (Å²) in [4.78, 5) is 14.1. The van der Waals surface area contributed by atoms with E-state index < -0.39 is 0 Å². The average molecular weight is 261 g/mol. The van der Waals surface area contributed by atoms with Crippen LogP contribution in [0.5, 0.6) is 0 Å². The smallest absolute Gasteiger partial charge is 0.317 e. The fourth-order valence-corrected chi connectivity index (χ4v) is 2.62. The van der Waals surface area contributed by atoms with Crippen LogP contribution in [0, 0.1) is 5.92 Å². The Hall–Kier alpha value is -1.55. The molecule has 0 bridgehead atoms. The lowest BCUT2D eigenvalue weighted by Crippen LogP contribution is -2.52. The largest absolute Gasteiger partial charge is 0.334 e. The highest BCUT2D eigenvalue weighted by Gasteiger charge is 2.28. The summed E-state index contributed by atoms with van der Waals surface area (Å²) in [7, 11) is 0. The van der Waals surface area contributed by atoms with Gasteiger partial charge in [-0.25, -0.2) is 4.79 Å². The molecule has 2 atom stereocenters. The molecule has 2 amide bonds. The molecule has 0 spiro atoms. The molecule has 3 N–H and O–H groups in total. The number of hydrogen-bond acceptors (Lipinski definition) is 2. The molecule has 19 heavy (non-hydrogen) atoms. The molecule has 2 unspecified atom stereocenters. The Morgan fingerprint density at radius 1 is 1.42 bits per heavy atom. The van der Waals surface area contributed by atoms with Gasteiger partial charge in [0.2, 0.25) is 0 Å². The minimum absolute atomic E-state index is 0.00574. The third kappa shape index (κ3) is 3.70. The highest BCUT2D eigenvalue weighted by molar-refractivity contribution is 5.74. The van der Waals surface area contributed by atoms with Crippen molar-refractivity contribution in [3.63, 3.8) is 0 Å². The van der Waals surface area contributed by atoms with E-state index in [-0.39, 0.29) is 12.1 Å². The minimum atomic E-state index is 0.00574. The van der Waals surface area contributed by atoms with Gasteiger partial charge in [-0.2, -0.15) is 0 Å². The van der Waals surface area contributed by atoms with E-state index in [1.807, 2.05) is 35.2 Å². The highest BCUT2D eigenvalue weighted by Crippen LogP contribution is 2.21. The van der Waals surface area contributed by atoms with Gasteiger partial charge in [-0.15, -0.1) is 0 Å². The van der Waals surface area contributed by atoms with Crippen LogP contribution in [0.1, 0.15) is 25.3 Å². The topological polar surface area (TPSA) is 58.4 Å². The van der Waals surface area contributed by atoms with Crippen LogP contribution in [0.25, 0.3) is 0 Å². The van der Waals surface area contributed by atoms with Crippen LogP contribution in [-0.4, -0.2) is 30.1 Å². The first kappa shape index (κ1) is 13.9. The zero-order chi connectivity index (χ0) is 13.7. The van der Waals surface area contributed by atoms with E-state index in [9.17, 15) is 4.79 Å². The van der Waals surface area contributed by atoms with Crippen LogP contribution >= 0.6 is 0 Å². The molecular formula is C15H23N3O. The Labute approximate surface area is 115 Å². The van der Waals surface area contributed by atoms with Crippen molar-refractivity contribution in [2.24, 2.45) is 11.7 Å². The monoisotopic (exact) mass is 261 g/mol. The van der Waals surface area contributed by atoms with E-state index in [4.69, 9.17) is 5.73 Å². The zero-order valence-corrected chi connectivity index (χ0v) is 11.5. The Bertz CT molecular complexity index is 407. The fraction of sp³-hybridized carbons (Fsp3) is 0.533. The molecule has 1 saturated heterocycles. The normalized spacial score (nSPS) is 23.2. The molecule has 0 radical (unpaired) electrons. The first-order valence-corrected chi connectivity index (χ1v) is 6.99. The summed E-state index contributed by atoms with van der Waals surface area (Å²) in [5, 5.41) is 2.98. The lowest BCUT2D eigenvalue weighted by Gasteiger charge is -2.37. The quantitative estimate of drug-likeness (QED) is 0.873. The van der Waals surface area contributed by atoms with E-state index in [1.54, 1.807) is 0 Å². The van der Waals surface area contributed by atoms with Crippen molar-refractivity contribution in [2.45, 2.75) is 32.4 Å². The number of nitrogens with zero attached hydrogens (tertiary/aromatic N) is 1. The van der Waals surface area contributed by atoms with Crippen molar-refractivity contribution < 1.29 is 4.79 Å². The van der Waals surface area contributed by atoms with Crippen molar-refractivity contribution >= 4 is 6.03 Å². The molecule has 0 aliphatic carbocycles. The number of piperidine rings is 1. The summed E-state index contributed by atoms with van der Waals surface area (Å²) in [5.74, 6) is 0.659. The van der Waals surface area contributed by atoms with Gasteiger partial charge in [0.15, 0.2) is 0 Å². The second-order valence-corrected chi connectivity index (χ2v) is 5.36. The number of likely N-dealkylation sites (tertiary alicyclic amines) is 1. The summed E-state index contributed by atoms with van der Waals surface area (Å²) >= 11 is 0. The standard InChI is InChI=1S/C15H23N3O/c1-12-7-8-18(14(9-12)10-16)15(19)17-11-13-5-3-2-4-6-13/h2-6,12,14H,7-11,16H2,1H3,(H,17,19). The third-order valence-electron chi connectivity index (χ3n) is 3.80. The van der Waals surface area contributed by atoms with Gasteiger partial charge in [0.1, 0.15) is 0 Å². The molecule has 1 aliphatic heterocycles. The number of hydrogen-bond donors (Lipinski definition) is 2. The SMILES string of the molecule is CC1CCN(C(=O)NCc2ccccc2)C(CN)C1. The first-order valence-electron chi connectivity index (χ1n) is 6.99. The maximum absolute atomic E-state index is 12.2. The van der Waals surface area contributed by atoms with Crippen LogP contribution in [0.15, 0.2) is 30.3 Å². The summed E-state index contributed by atoms with van der Waals surface area (Å²) in [6, 6.07) is 10.1. The Balaban J connectivity index is 1.88. The Morgan fingerprint density at radius 3 is 2.84 bits per heavy atom. The van der Waals surface area contributed by atoms with E-state index >= 15 is 0 Å². The maximum Gasteiger partial charge on any atom is 0.317 e. The van der Waals surface area contributed by atoms with Crippen molar-refractivity contribution in [3.8, 4) is 0 Å². The number of carbonyl (C=O) groups excluding carboxylic acids is 1. The van der Waals surface area contributed by atoms with Crippen LogP contribution in [0.3, 0.4) is 0 Å². The van der Waals surface area contributed by atoms with Gasteiger partial charge >= 0.3 is 6.03 Å². The Morgan fingerprint density at radius 2 is 2.16 bits per heavy atom. The van der Waals surface area contributed by atoms with Gasteiger partial charge in [0.25, 0.3) is 0 Å². The lowest BCUT2D eigenvalue weighted by atomic mass is 9.93. The number of nitrogens with two attached hydrogens (primary N) is 1. The molecule has 2 rings (SSSR count). The van der Waals surface area contributed by atoms with E-state index in [1.165, 1.54) is 0 Å². The molecule has 1 aliphatic rings. The summed E-state index contributed by atoms with van der Waals surface area (Å²) in [6.07, 6.45) is 2.07. The zero-order valence-electron chi connectivity index (χ0n) is 11.5. The predicted octanol–water partition coefficient (Wildman–Crippen LogP) is 1.96. The molecule has 104 valence electrons. The van der Waals surface area contributed by atoms with Gasteiger partial charge in [-0.3, -0.25) is 0 Å². The second-order valence-electron chi connectivity index (χ2n) is 5.36. The van der Waals surface area contributed by atoms with Gasteiger partial charge in [-0.05, 0) is 24.3 Å². The van der Waals surface area contributed by atoms with Crippen LogP contribution in [-0.2, 0) is 6.54 Å². The number of benzene rings is 1. The van der Waals surface area contributed by atoms with Crippen LogP contribution in [0.4, 0.5) is 4.79 Å². The number of carbonyl (C=O) groups is 1. The number of amides is 2. The number of urea groups is 1. The summed E-state index contributed by atoms with van der Waals surface area (Å²) in [5.41, 5.74) is 6.90. The summed E-state index contributed by atoms with van der Waals surface area (Å²) < 4.78 is 0. The van der Waals surface area contributed by atoms with Crippen LogP contribution in [0.2, 0.25) is 0 Å². The molecule has 1 fully saturated rings. The van der Waals surface area contributed by atoms with Crippen molar-refractivity contribution in [2.75, 3.05) is 13.1 Å². The number of rotatable bonds is 3. The molecule has 1 aromatic carbocycles. The van der Waals surface area contributed by atoms with E-state index in [2.05, 4.69) is 12.2 Å². The molecule has 0 saturated carbocycles. The summed E-state index contributed by atoms with van der Waals surface area (Å²) in [6.45, 7) is 4.15. The maximum atomic E-state index is 12.2. The fourth-order valence-electron chi connectivity index (χ4n) is 2.62. The van der Waals surface area contributed by atoms with Gasteiger partial charge in [-0.1, -0.05) is 37.3 Å². The van der Waals surface area contributed by atoms with Crippen LogP contribution < -0.4 is 11.1 Å². The lowest BCUT2D eigenvalue weighted by molar-refractivity contribution is 0.134. The van der Waals surface area contributed by atoms with E-state index in [0.29, 0.717) is 19.0 Å². The van der Waals surface area contributed by atoms with E-state index in [0.717, 1.165) is 24.9 Å². The van der Waals surface area contributed by atoms with Gasteiger partial charge < -0.3 is 16.0 Å².